The summed E-state index contributed by atoms with van der Waals surface area (Å²) in [5.74, 6) is 0.128. The smallest absolute Gasteiger partial charge is 0.266 e. The molecule has 0 aromatic carbocycles. The molecule has 1 amide bonds. The van der Waals surface area contributed by atoms with E-state index in [2.05, 4.69) is 4.98 Å². The monoisotopic (exact) mass is 334 g/mol. The summed E-state index contributed by atoms with van der Waals surface area (Å²) in [6, 6.07) is 3.04. The molecule has 1 saturated heterocycles. The van der Waals surface area contributed by atoms with E-state index in [0.29, 0.717) is 36.8 Å². The van der Waals surface area contributed by atoms with Crippen LogP contribution in [-0.2, 0) is 11.2 Å². The van der Waals surface area contributed by atoms with Crippen molar-refractivity contribution in [1.82, 2.24) is 9.88 Å². The Morgan fingerprint density at radius 1 is 1.48 bits per heavy atom. The average Bonchev–Trinajstić information content (AvgIpc) is 3.26. The van der Waals surface area contributed by atoms with E-state index in [-0.39, 0.29) is 24.2 Å². The topological polar surface area (TPSA) is 72.6 Å². The van der Waals surface area contributed by atoms with Crippen molar-refractivity contribution in [2.45, 2.75) is 25.8 Å². The van der Waals surface area contributed by atoms with Crippen LogP contribution in [0.5, 0.6) is 0 Å². The molecule has 0 bridgehead atoms. The fourth-order valence-corrected chi connectivity index (χ4v) is 3.51. The van der Waals surface area contributed by atoms with Gasteiger partial charge in [-0.25, -0.2) is 4.98 Å². The van der Waals surface area contributed by atoms with Crippen molar-refractivity contribution in [3.8, 4) is 0 Å². The molecule has 1 atom stereocenters. The third-order valence-electron chi connectivity index (χ3n) is 3.88. The van der Waals surface area contributed by atoms with Crippen LogP contribution in [0.15, 0.2) is 28.3 Å². The second-order valence-corrected chi connectivity index (χ2v) is 6.17. The molecular weight excluding hydrogens is 316 g/mol. The Morgan fingerprint density at radius 2 is 2.35 bits per heavy atom. The third-order valence-corrected chi connectivity index (χ3v) is 4.73. The Kier molecular flexibility index (Phi) is 4.88. The maximum Gasteiger partial charge on any atom is 0.266 e. The number of furan rings is 1. The van der Waals surface area contributed by atoms with Crippen LogP contribution >= 0.6 is 11.3 Å². The van der Waals surface area contributed by atoms with Crippen molar-refractivity contribution < 1.29 is 18.7 Å². The van der Waals surface area contributed by atoms with Gasteiger partial charge in [-0.1, -0.05) is 6.92 Å². The van der Waals surface area contributed by atoms with Gasteiger partial charge in [-0.2, -0.15) is 0 Å². The van der Waals surface area contributed by atoms with Gasteiger partial charge in [0.05, 0.1) is 36.7 Å². The number of aromatic nitrogens is 1. The lowest BCUT2D eigenvalue weighted by Crippen LogP contribution is -2.49. The van der Waals surface area contributed by atoms with Crippen LogP contribution in [0.25, 0.3) is 0 Å². The number of carbonyl (C=O) groups is 2. The van der Waals surface area contributed by atoms with Gasteiger partial charge < -0.3 is 14.1 Å². The van der Waals surface area contributed by atoms with E-state index < -0.39 is 0 Å². The van der Waals surface area contributed by atoms with Gasteiger partial charge in [0.1, 0.15) is 4.88 Å². The predicted octanol–water partition coefficient (Wildman–Crippen LogP) is 2.41. The molecule has 3 rings (SSSR count). The summed E-state index contributed by atoms with van der Waals surface area (Å²) in [4.78, 5) is 31.7. The first-order valence-electron chi connectivity index (χ1n) is 7.58. The summed E-state index contributed by atoms with van der Waals surface area (Å²) < 4.78 is 10.6. The van der Waals surface area contributed by atoms with Gasteiger partial charge in [-0.05, 0) is 18.6 Å². The number of Topliss-reactive ketones (excluding diaryl/α,β-unsaturated/α-hetero) is 1. The van der Waals surface area contributed by atoms with Crippen molar-refractivity contribution in [2.24, 2.45) is 0 Å². The summed E-state index contributed by atoms with van der Waals surface area (Å²) in [6.07, 6.45) is 2.38. The first-order valence-corrected chi connectivity index (χ1v) is 8.46. The summed E-state index contributed by atoms with van der Waals surface area (Å²) in [6.45, 7) is 3.30. The lowest BCUT2D eigenvalue weighted by Gasteiger charge is -2.35. The largest absolute Gasteiger partial charge is 0.461 e. The Hall–Kier alpha value is -1.99. The number of nitrogens with zero attached hydrogens (tertiary/aromatic N) is 2. The molecule has 1 aliphatic heterocycles. The molecule has 1 aliphatic rings. The Balaban J connectivity index is 1.76. The molecule has 3 heterocycles. The van der Waals surface area contributed by atoms with Crippen LogP contribution in [0.4, 0.5) is 0 Å². The number of aryl methyl sites for hydroxylation is 1. The SMILES string of the molecule is CCc1ncsc1C(=O)N1CCOC[C@@H]1CC(=O)c1ccco1. The third kappa shape index (κ3) is 3.35. The highest BCUT2D eigenvalue weighted by Gasteiger charge is 2.32. The number of hydrogen-bond donors (Lipinski definition) is 0. The van der Waals surface area contributed by atoms with Gasteiger partial charge in [-0.3, -0.25) is 9.59 Å². The van der Waals surface area contributed by atoms with E-state index in [0.717, 1.165) is 5.69 Å². The number of hydrogen-bond acceptors (Lipinski definition) is 6. The minimum absolute atomic E-state index is 0.0649. The van der Waals surface area contributed by atoms with Crippen molar-refractivity contribution in [2.75, 3.05) is 19.8 Å². The van der Waals surface area contributed by atoms with Gasteiger partial charge in [-0.15, -0.1) is 11.3 Å². The minimum Gasteiger partial charge on any atom is -0.461 e. The number of ether oxygens (including phenoxy) is 1. The number of rotatable bonds is 5. The molecule has 0 spiro atoms. The average molecular weight is 334 g/mol. The summed E-state index contributed by atoms with van der Waals surface area (Å²) in [5.41, 5.74) is 2.50. The first-order chi connectivity index (χ1) is 11.2. The maximum absolute atomic E-state index is 12.8. The lowest BCUT2D eigenvalue weighted by molar-refractivity contribution is -0.00284. The molecule has 2 aromatic heterocycles. The van der Waals surface area contributed by atoms with E-state index in [1.54, 1.807) is 22.5 Å². The van der Waals surface area contributed by atoms with Gasteiger partial charge in [0.25, 0.3) is 5.91 Å². The van der Waals surface area contributed by atoms with Gasteiger partial charge in [0.15, 0.2) is 11.5 Å². The van der Waals surface area contributed by atoms with Gasteiger partial charge >= 0.3 is 0 Å². The molecule has 2 aromatic rings. The molecule has 6 nitrogen and oxygen atoms in total. The molecular formula is C16H18N2O4S. The molecule has 1 fully saturated rings. The van der Waals surface area contributed by atoms with Crippen LogP contribution in [0.3, 0.4) is 0 Å². The maximum atomic E-state index is 12.8. The molecule has 0 saturated carbocycles. The van der Waals surface area contributed by atoms with Crippen molar-refractivity contribution in [1.29, 1.82) is 0 Å². The van der Waals surface area contributed by atoms with E-state index in [9.17, 15) is 9.59 Å². The van der Waals surface area contributed by atoms with E-state index in [1.807, 2.05) is 6.92 Å². The minimum atomic E-state index is -0.277. The number of amides is 1. The predicted molar refractivity (Wildman–Crippen MR) is 84.8 cm³/mol. The fraction of sp³-hybridized carbons (Fsp3) is 0.438. The molecule has 122 valence electrons. The number of thiazole rings is 1. The first kappa shape index (κ1) is 15.9. The van der Waals surface area contributed by atoms with E-state index >= 15 is 0 Å². The van der Waals surface area contributed by atoms with Crippen molar-refractivity contribution in [3.63, 3.8) is 0 Å². The van der Waals surface area contributed by atoms with Crippen LogP contribution in [0.2, 0.25) is 0 Å². The highest BCUT2D eigenvalue weighted by molar-refractivity contribution is 7.11. The lowest BCUT2D eigenvalue weighted by atomic mass is 10.1. The zero-order chi connectivity index (χ0) is 16.2. The van der Waals surface area contributed by atoms with Crippen LogP contribution in [0.1, 0.15) is 39.3 Å². The van der Waals surface area contributed by atoms with E-state index in [4.69, 9.17) is 9.15 Å². The van der Waals surface area contributed by atoms with Crippen molar-refractivity contribution >= 4 is 23.0 Å². The van der Waals surface area contributed by atoms with Crippen LogP contribution < -0.4 is 0 Å². The van der Waals surface area contributed by atoms with E-state index in [1.165, 1.54) is 17.6 Å². The van der Waals surface area contributed by atoms with Crippen LogP contribution in [0, 0.1) is 0 Å². The Labute approximate surface area is 138 Å². The van der Waals surface area contributed by atoms with Crippen LogP contribution in [-0.4, -0.2) is 47.4 Å². The summed E-state index contributed by atoms with van der Waals surface area (Å²) in [5, 5.41) is 0. The Bertz CT molecular complexity index is 680. The highest BCUT2D eigenvalue weighted by Crippen LogP contribution is 2.22. The zero-order valence-corrected chi connectivity index (χ0v) is 13.7. The molecule has 0 N–H and O–H groups in total. The Morgan fingerprint density at radius 3 is 3.09 bits per heavy atom. The second-order valence-electron chi connectivity index (χ2n) is 5.31. The van der Waals surface area contributed by atoms with Crippen molar-refractivity contribution in [3.05, 3.63) is 40.2 Å². The van der Waals surface area contributed by atoms with Gasteiger partial charge in [0.2, 0.25) is 0 Å². The number of morpholine rings is 1. The molecule has 7 heteroatoms. The zero-order valence-electron chi connectivity index (χ0n) is 12.9. The number of carbonyl (C=O) groups excluding carboxylic acids is 2. The second kappa shape index (κ2) is 7.06. The molecule has 0 unspecified atom stereocenters. The summed E-state index contributed by atoms with van der Waals surface area (Å²) >= 11 is 1.35. The molecule has 0 radical (unpaired) electrons. The van der Waals surface area contributed by atoms with Gasteiger partial charge in [0, 0.05) is 13.0 Å². The fourth-order valence-electron chi connectivity index (χ4n) is 2.67. The quantitative estimate of drug-likeness (QED) is 0.785. The number of ketones is 1. The standard InChI is InChI=1S/C16H18N2O4S/c1-2-12-15(23-10-17-12)16(20)18-5-7-21-9-11(18)8-13(19)14-4-3-6-22-14/h3-4,6,10-11H,2,5,7-9H2,1H3/t11-/m0/s1. The molecule has 23 heavy (non-hydrogen) atoms. The normalized spacial score (nSPS) is 18.1. The summed E-state index contributed by atoms with van der Waals surface area (Å²) in [7, 11) is 0. The highest BCUT2D eigenvalue weighted by atomic mass is 32.1. The molecule has 0 aliphatic carbocycles.